The van der Waals surface area contributed by atoms with Crippen LogP contribution in [-0.4, -0.2) is 24.8 Å². The minimum atomic E-state index is -0.725. The lowest BCUT2D eigenvalue weighted by Crippen LogP contribution is -2.28. The lowest BCUT2D eigenvalue weighted by Gasteiger charge is -2.25. The van der Waals surface area contributed by atoms with Gasteiger partial charge in [0.25, 0.3) is 0 Å². The molecule has 0 radical (unpaired) electrons. The van der Waals surface area contributed by atoms with Crippen molar-refractivity contribution in [2.24, 2.45) is 17.8 Å². The van der Waals surface area contributed by atoms with Crippen LogP contribution in [0.15, 0.2) is 0 Å². The molecule has 0 saturated carbocycles. The molecule has 3 atom stereocenters. The van der Waals surface area contributed by atoms with Gasteiger partial charge in [0.15, 0.2) is 6.30 Å². The van der Waals surface area contributed by atoms with Gasteiger partial charge in [-0.25, -0.2) is 4.39 Å². The molecule has 1 aliphatic rings. The molecule has 1 rings (SSSR count). The normalized spacial score (nSPS) is 37.8. The predicted molar refractivity (Wildman–Crippen MR) is 54.3 cm³/mol. The molecule has 0 bridgehead atoms. The van der Waals surface area contributed by atoms with E-state index in [1.54, 1.807) is 0 Å². The Hall–Kier alpha value is -0.110. The summed E-state index contributed by atoms with van der Waals surface area (Å²) in [7, 11) is 1.89. The van der Waals surface area contributed by atoms with Gasteiger partial charge in [-0.1, -0.05) is 20.8 Å². The maximum atomic E-state index is 13.5. The molecule has 0 N–H and O–H groups in total. The van der Waals surface area contributed by atoms with E-state index in [-0.39, 0.29) is 0 Å². The fraction of sp³-hybridized carbons (Fsp3) is 1.00. The van der Waals surface area contributed by atoms with Crippen molar-refractivity contribution in [3.05, 3.63) is 0 Å². The average molecular weight is 187 g/mol. The molecule has 1 aliphatic heterocycles. The largest absolute Gasteiger partial charge is 0.277 e. The predicted octanol–water partition coefficient (Wildman–Crippen LogP) is 2.92. The Morgan fingerprint density at radius 3 is 2.54 bits per heavy atom. The third-order valence-electron chi connectivity index (χ3n) is 3.47. The summed E-state index contributed by atoms with van der Waals surface area (Å²) < 4.78 is 13.5. The van der Waals surface area contributed by atoms with Crippen molar-refractivity contribution >= 4 is 0 Å². The van der Waals surface area contributed by atoms with Gasteiger partial charge in [0.1, 0.15) is 0 Å². The van der Waals surface area contributed by atoms with Gasteiger partial charge in [-0.05, 0) is 37.6 Å². The summed E-state index contributed by atoms with van der Waals surface area (Å²) in [6.45, 7) is 7.58. The van der Waals surface area contributed by atoms with Crippen LogP contribution in [0.1, 0.15) is 33.6 Å². The van der Waals surface area contributed by atoms with Crippen LogP contribution in [0.4, 0.5) is 4.39 Å². The number of likely N-dealkylation sites (tertiary alicyclic amines) is 1. The van der Waals surface area contributed by atoms with Crippen LogP contribution < -0.4 is 0 Å². The summed E-state index contributed by atoms with van der Waals surface area (Å²) in [5, 5.41) is 0. The van der Waals surface area contributed by atoms with E-state index in [4.69, 9.17) is 0 Å². The highest BCUT2D eigenvalue weighted by Gasteiger charge is 2.29. The summed E-state index contributed by atoms with van der Waals surface area (Å²) >= 11 is 0. The van der Waals surface area contributed by atoms with Gasteiger partial charge >= 0.3 is 0 Å². The smallest absolute Gasteiger partial charge is 0.153 e. The molecule has 1 saturated heterocycles. The molecule has 3 unspecified atom stereocenters. The van der Waals surface area contributed by atoms with E-state index in [1.807, 2.05) is 11.9 Å². The molecule has 78 valence electrons. The molecule has 1 heterocycles. The first-order chi connectivity index (χ1) is 6.02. The quantitative estimate of drug-likeness (QED) is 0.570. The summed E-state index contributed by atoms with van der Waals surface area (Å²) in [6.07, 6.45) is 1.13. The molecular weight excluding hydrogens is 165 g/mol. The maximum Gasteiger partial charge on any atom is 0.153 e. The Labute approximate surface area is 81.3 Å². The van der Waals surface area contributed by atoms with Crippen molar-refractivity contribution in [3.63, 3.8) is 0 Å². The van der Waals surface area contributed by atoms with Crippen molar-refractivity contribution < 1.29 is 4.39 Å². The van der Waals surface area contributed by atoms with Crippen LogP contribution in [0.3, 0.4) is 0 Å². The third-order valence-corrected chi connectivity index (χ3v) is 3.47. The topological polar surface area (TPSA) is 3.24 Å². The van der Waals surface area contributed by atoms with Gasteiger partial charge in [-0.15, -0.1) is 0 Å². The first kappa shape index (κ1) is 11.0. The molecule has 13 heavy (non-hydrogen) atoms. The summed E-state index contributed by atoms with van der Waals surface area (Å²) in [4.78, 5) is 1.85. The second-order valence-electron chi connectivity index (χ2n) is 4.82. The Kier molecular flexibility index (Phi) is 3.72. The van der Waals surface area contributed by atoms with E-state index in [0.29, 0.717) is 17.8 Å². The number of nitrogens with zero attached hydrogens (tertiary/aromatic N) is 1. The number of rotatable bonds is 1. The van der Waals surface area contributed by atoms with E-state index in [1.165, 1.54) is 0 Å². The van der Waals surface area contributed by atoms with Crippen LogP contribution in [0, 0.1) is 17.8 Å². The van der Waals surface area contributed by atoms with Gasteiger partial charge in [-0.3, -0.25) is 4.90 Å². The first-order valence-electron chi connectivity index (χ1n) is 5.36. The van der Waals surface area contributed by atoms with Crippen LogP contribution in [0.5, 0.6) is 0 Å². The Balaban J connectivity index is 2.62. The maximum absolute atomic E-state index is 13.5. The highest BCUT2D eigenvalue weighted by atomic mass is 19.1. The summed E-state index contributed by atoms with van der Waals surface area (Å²) in [6, 6.07) is 0. The second-order valence-corrected chi connectivity index (χ2v) is 4.82. The molecular formula is C11H22FN. The van der Waals surface area contributed by atoms with E-state index in [2.05, 4.69) is 20.8 Å². The lowest BCUT2D eigenvalue weighted by molar-refractivity contribution is 0.0923. The van der Waals surface area contributed by atoms with E-state index in [9.17, 15) is 4.39 Å². The minimum absolute atomic E-state index is 0.556. The SMILES string of the molecule is CC(C)C1CC(F)N(C)CCC1C. The van der Waals surface area contributed by atoms with Crippen molar-refractivity contribution in [1.82, 2.24) is 4.90 Å². The average Bonchev–Trinajstić information content (AvgIpc) is 2.18. The minimum Gasteiger partial charge on any atom is -0.277 e. The van der Waals surface area contributed by atoms with Crippen molar-refractivity contribution in [2.45, 2.75) is 39.9 Å². The van der Waals surface area contributed by atoms with Crippen molar-refractivity contribution in [3.8, 4) is 0 Å². The molecule has 2 heteroatoms. The standard InChI is InChI=1S/C11H22FN/c1-8(2)10-7-11(12)13(4)6-5-9(10)3/h8-11H,5-7H2,1-4H3. The van der Waals surface area contributed by atoms with Crippen LogP contribution in [0.2, 0.25) is 0 Å². The fourth-order valence-corrected chi connectivity index (χ4v) is 2.33. The number of hydrogen-bond donors (Lipinski definition) is 0. The van der Waals surface area contributed by atoms with Gasteiger partial charge in [-0.2, -0.15) is 0 Å². The summed E-state index contributed by atoms with van der Waals surface area (Å²) in [5.41, 5.74) is 0. The highest BCUT2D eigenvalue weighted by molar-refractivity contribution is 4.78. The lowest BCUT2D eigenvalue weighted by atomic mass is 9.81. The molecule has 1 fully saturated rings. The molecule has 0 spiro atoms. The molecule has 0 aromatic carbocycles. The summed E-state index contributed by atoms with van der Waals surface area (Å²) in [5.74, 6) is 1.84. The highest BCUT2D eigenvalue weighted by Crippen LogP contribution is 2.32. The van der Waals surface area contributed by atoms with E-state index in [0.717, 1.165) is 19.4 Å². The Morgan fingerprint density at radius 2 is 2.00 bits per heavy atom. The Bertz CT molecular complexity index is 158. The first-order valence-corrected chi connectivity index (χ1v) is 5.36. The van der Waals surface area contributed by atoms with Crippen LogP contribution >= 0.6 is 0 Å². The van der Waals surface area contributed by atoms with Crippen molar-refractivity contribution in [1.29, 1.82) is 0 Å². The van der Waals surface area contributed by atoms with E-state index >= 15 is 0 Å². The zero-order chi connectivity index (χ0) is 10.0. The van der Waals surface area contributed by atoms with Crippen LogP contribution in [0.25, 0.3) is 0 Å². The van der Waals surface area contributed by atoms with Crippen LogP contribution in [-0.2, 0) is 0 Å². The molecule has 1 nitrogen and oxygen atoms in total. The van der Waals surface area contributed by atoms with Gasteiger partial charge in [0.2, 0.25) is 0 Å². The van der Waals surface area contributed by atoms with E-state index < -0.39 is 6.30 Å². The van der Waals surface area contributed by atoms with Crippen molar-refractivity contribution in [2.75, 3.05) is 13.6 Å². The van der Waals surface area contributed by atoms with Gasteiger partial charge in [0.05, 0.1) is 0 Å². The number of hydrogen-bond acceptors (Lipinski definition) is 1. The molecule has 0 aromatic heterocycles. The molecule has 0 aliphatic carbocycles. The molecule has 0 amide bonds. The Morgan fingerprint density at radius 1 is 1.38 bits per heavy atom. The number of alkyl halides is 1. The van der Waals surface area contributed by atoms with Gasteiger partial charge < -0.3 is 0 Å². The monoisotopic (exact) mass is 187 g/mol. The fourth-order valence-electron chi connectivity index (χ4n) is 2.33. The second kappa shape index (κ2) is 4.41. The third kappa shape index (κ3) is 2.67. The molecule has 0 aromatic rings. The zero-order valence-corrected chi connectivity index (χ0v) is 9.26. The van der Waals surface area contributed by atoms with Gasteiger partial charge in [0, 0.05) is 6.54 Å². The zero-order valence-electron chi connectivity index (χ0n) is 9.26. The number of halogens is 1.